The quantitative estimate of drug-likeness (QED) is 0.463. The van der Waals surface area contributed by atoms with E-state index in [2.05, 4.69) is 11.0 Å². The Balaban J connectivity index is 1.26. The lowest BCUT2D eigenvalue weighted by molar-refractivity contribution is -0.136. The standard InChI is InChI=1S/C29H31N3O6S/c1-30-27(25-5-4-12-39-25)26(19-14-22(35-2)23(36-3)15-20(19)28(30)33)29(34)32-10-8-31(9-11-32)16-18-6-7-21-24(13-18)38-17-37-21/h4-7,12-15,26-27H,8-11,16-17H2,1-3H3/t26-,27+/m1/s1. The van der Waals surface area contributed by atoms with Crippen molar-refractivity contribution in [2.45, 2.75) is 18.5 Å². The van der Waals surface area contributed by atoms with Crippen LogP contribution in [0.25, 0.3) is 0 Å². The van der Waals surface area contributed by atoms with Crippen LogP contribution >= 0.6 is 11.3 Å². The number of nitrogens with zero attached hydrogens (tertiary/aromatic N) is 3. The van der Waals surface area contributed by atoms with E-state index in [9.17, 15) is 9.59 Å². The van der Waals surface area contributed by atoms with Gasteiger partial charge in [-0.05, 0) is 46.8 Å². The molecule has 39 heavy (non-hydrogen) atoms. The van der Waals surface area contributed by atoms with Gasteiger partial charge in [-0.3, -0.25) is 14.5 Å². The van der Waals surface area contributed by atoms with Crippen molar-refractivity contribution in [2.75, 3.05) is 54.2 Å². The van der Waals surface area contributed by atoms with Crippen LogP contribution < -0.4 is 18.9 Å². The SMILES string of the molecule is COc1cc2c(cc1OC)[C@@H](C(=O)N1CCN(Cc3ccc4c(c3)OCO4)CC1)[C@H](c1cccs1)N(C)C2=O. The van der Waals surface area contributed by atoms with Gasteiger partial charge in [0.25, 0.3) is 5.91 Å². The van der Waals surface area contributed by atoms with E-state index in [4.69, 9.17) is 18.9 Å². The number of amides is 2. The van der Waals surface area contributed by atoms with Crippen LogP contribution in [0, 0.1) is 0 Å². The lowest BCUT2D eigenvalue weighted by Crippen LogP contribution is -2.52. The summed E-state index contributed by atoms with van der Waals surface area (Å²) in [6, 6.07) is 13.1. The minimum absolute atomic E-state index is 0.0175. The van der Waals surface area contributed by atoms with Crippen molar-refractivity contribution in [3.05, 3.63) is 69.4 Å². The molecule has 2 aromatic carbocycles. The molecule has 2 atom stereocenters. The molecule has 2 amide bonds. The highest BCUT2D eigenvalue weighted by Crippen LogP contribution is 2.47. The molecular weight excluding hydrogens is 518 g/mol. The summed E-state index contributed by atoms with van der Waals surface area (Å²) in [6.45, 7) is 3.76. The van der Waals surface area contributed by atoms with Gasteiger partial charge in [0, 0.05) is 50.2 Å². The minimum atomic E-state index is -0.554. The van der Waals surface area contributed by atoms with Gasteiger partial charge in [-0.2, -0.15) is 0 Å². The highest BCUT2D eigenvalue weighted by Gasteiger charge is 2.45. The predicted octanol–water partition coefficient (Wildman–Crippen LogP) is 3.75. The minimum Gasteiger partial charge on any atom is -0.493 e. The molecule has 0 spiro atoms. The zero-order valence-corrected chi connectivity index (χ0v) is 23.0. The number of piperazine rings is 1. The zero-order valence-electron chi connectivity index (χ0n) is 22.2. The largest absolute Gasteiger partial charge is 0.493 e. The van der Waals surface area contributed by atoms with E-state index in [0.717, 1.165) is 41.6 Å². The number of hydrogen-bond acceptors (Lipinski definition) is 8. The van der Waals surface area contributed by atoms with E-state index < -0.39 is 12.0 Å². The van der Waals surface area contributed by atoms with Crippen molar-refractivity contribution < 1.29 is 28.5 Å². The fourth-order valence-electron chi connectivity index (χ4n) is 5.75. The number of thiophene rings is 1. The van der Waals surface area contributed by atoms with E-state index in [-0.39, 0.29) is 18.6 Å². The Morgan fingerprint density at radius 2 is 1.74 bits per heavy atom. The average Bonchev–Trinajstić information content (AvgIpc) is 3.66. The number of fused-ring (bicyclic) bond motifs is 2. The second-order valence-electron chi connectivity index (χ2n) is 9.94. The van der Waals surface area contributed by atoms with Crippen LogP contribution in [0.3, 0.4) is 0 Å². The Morgan fingerprint density at radius 1 is 1.00 bits per heavy atom. The second-order valence-corrected chi connectivity index (χ2v) is 10.9. The molecule has 6 rings (SSSR count). The highest BCUT2D eigenvalue weighted by atomic mass is 32.1. The number of carbonyl (C=O) groups excluding carboxylic acids is 2. The Morgan fingerprint density at radius 3 is 2.46 bits per heavy atom. The van der Waals surface area contributed by atoms with Gasteiger partial charge in [0.15, 0.2) is 23.0 Å². The highest BCUT2D eigenvalue weighted by molar-refractivity contribution is 7.10. The average molecular weight is 550 g/mol. The van der Waals surface area contributed by atoms with Crippen LogP contribution in [-0.4, -0.2) is 80.8 Å². The van der Waals surface area contributed by atoms with Crippen molar-refractivity contribution in [2.24, 2.45) is 0 Å². The number of ether oxygens (including phenoxy) is 4. The van der Waals surface area contributed by atoms with Gasteiger partial charge < -0.3 is 28.7 Å². The number of rotatable bonds is 6. The number of methoxy groups -OCH3 is 2. The summed E-state index contributed by atoms with van der Waals surface area (Å²) in [7, 11) is 4.88. The Labute approximate surface area is 231 Å². The number of hydrogen-bond donors (Lipinski definition) is 0. The predicted molar refractivity (Wildman–Crippen MR) is 146 cm³/mol. The van der Waals surface area contributed by atoms with Gasteiger partial charge >= 0.3 is 0 Å². The Hall–Kier alpha value is -3.76. The molecule has 0 saturated carbocycles. The smallest absolute Gasteiger partial charge is 0.254 e. The molecule has 1 saturated heterocycles. The topological polar surface area (TPSA) is 80.8 Å². The van der Waals surface area contributed by atoms with Crippen LogP contribution in [0.15, 0.2) is 47.8 Å². The first-order valence-corrected chi connectivity index (χ1v) is 13.8. The molecule has 0 bridgehead atoms. The van der Waals surface area contributed by atoms with Gasteiger partial charge in [-0.1, -0.05) is 12.1 Å². The summed E-state index contributed by atoms with van der Waals surface area (Å²) in [4.78, 5) is 34.8. The molecule has 9 nitrogen and oxygen atoms in total. The summed E-state index contributed by atoms with van der Waals surface area (Å²) in [5, 5.41) is 1.98. The molecule has 0 radical (unpaired) electrons. The molecule has 0 unspecified atom stereocenters. The third-order valence-electron chi connectivity index (χ3n) is 7.80. The van der Waals surface area contributed by atoms with Crippen molar-refractivity contribution >= 4 is 23.2 Å². The maximum atomic E-state index is 14.3. The van der Waals surface area contributed by atoms with Gasteiger partial charge in [0.1, 0.15) is 0 Å². The van der Waals surface area contributed by atoms with Gasteiger partial charge in [0.05, 0.1) is 26.2 Å². The lowest BCUT2D eigenvalue weighted by Gasteiger charge is -2.43. The van der Waals surface area contributed by atoms with Gasteiger partial charge in [-0.25, -0.2) is 0 Å². The first-order chi connectivity index (χ1) is 19.0. The van der Waals surface area contributed by atoms with E-state index >= 15 is 0 Å². The normalized spacial score (nSPS) is 20.6. The van der Waals surface area contributed by atoms with Crippen LogP contribution in [0.2, 0.25) is 0 Å². The number of benzene rings is 2. The second kappa shape index (κ2) is 10.4. The van der Waals surface area contributed by atoms with E-state index in [1.807, 2.05) is 34.5 Å². The molecule has 3 aromatic rings. The summed E-state index contributed by atoms with van der Waals surface area (Å²) in [5.74, 6) is 1.86. The summed E-state index contributed by atoms with van der Waals surface area (Å²) in [6.07, 6.45) is 0. The van der Waals surface area contributed by atoms with Crippen LogP contribution in [0.1, 0.15) is 38.3 Å². The maximum absolute atomic E-state index is 14.3. The molecule has 1 aromatic heterocycles. The monoisotopic (exact) mass is 549 g/mol. The van der Waals surface area contributed by atoms with Crippen molar-refractivity contribution in [3.63, 3.8) is 0 Å². The summed E-state index contributed by atoms with van der Waals surface area (Å²) in [5.41, 5.74) is 2.31. The van der Waals surface area contributed by atoms with Crippen LogP contribution in [0.5, 0.6) is 23.0 Å². The van der Waals surface area contributed by atoms with Crippen molar-refractivity contribution in [1.29, 1.82) is 0 Å². The molecular formula is C29H31N3O6S. The molecule has 0 N–H and O–H groups in total. The first-order valence-electron chi connectivity index (χ1n) is 12.9. The fraction of sp³-hybridized carbons (Fsp3) is 0.379. The Bertz CT molecular complexity index is 1390. The number of carbonyl (C=O) groups is 2. The van der Waals surface area contributed by atoms with Gasteiger partial charge in [0.2, 0.25) is 12.7 Å². The molecule has 10 heteroatoms. The fourth-order valence-corrected chi connectivity index (χ4v) is 6.66. The van der Waals surface area contributed by atoms with E-state index in [1.54, 1.807) is 49.6 Å². The molecule has 3 aliphatic heterocycles. The number of likely N-dealkylation sites (N-methyl/N-ethyl adjacent to an activating group) is 1. The van der Waals surface area contributed by atoms with E-state index in [0.29, 0.717) is 35.7 Å². The summed E-state index contributed by atoms with van der Waals surface area (Å²) >= 11 is 1.56. The van der Waals surface area contributed by atoms with Crippen LogP contribution in [0.4, 0.5) is 0 Å². The molecule has 0 aliphatic carbocycles. The van der Waals surface area contributed by atoms with Crippen molar-refractivity contribution in [3.8, 4) is 23.0 Å². The molecule has 204 valence electrons. The van der Waals surface area contributed by atoms with Crippen molar-refractivity contribution in [1.82, 2.24) is 14.7 Å². The first kappa shape index (κ1) is 25.5. The summed E-state index contributed by atoms with van der Waals surface area (Å²) < 4.78 is 22.0. The van der Waals surface area contributed by atoms with Gasteiger partial charge in [-0.15, -0.1) is 11.3 Å². The zero-order chi connectivity index (χ0) is 27.1. The third kappa shape index (κ3) is 4.57. The van der Waals surface area contributed by atoms with E-state index in [1.165, 1.54) is 0 Å². The molecule has 1 fully saturated rings. The molecule has 3 aliphatic rings. The van der Waals surface area contributed by atoms with Crippen LogP contribution in [-0.2, 0) is 11.3 Å². The maximum Gasteiger partial charge on any atom is 0.254 e. The Kier molecular flexibility index (Phi) is 6.82. The molecule has 4 heterocycles. The third-order valence-corrected chi connectivity index (χ3v) is 8.75. The lowest BCUT2D eigenvalue weighted by atomic mass is 9.81.